The van der Waals surface area contributed by atoms with Crippen molar-refractivity contribution >= 4 is 28.8 Å². The van der Waals surface area contributed by atoms with Gasteiger partial charge < -0.3 is 14.3 Å². The largest absolute Gasteiger partial charge is 0.466 e. The number of aryl methyl sites for hydroxylation is 3. The summed E-state index contributed by atoms with van der Waals surface area (Å²) >= 11 is 1.66. The summed E-state index contributed by atoms with van der Waals surface area (Å²) in [4.78, 5) is 17.6. The van der Waals surface area contributed by atoms with Gasteiger partial charge in [0.2, 0.25) is 0 Å². The molecule has 0 bridgehead atoms. The molecule has 7 nitrogen and oxygen atoms in total. The van der Waals surface area contributed by atoms with Gasteiger partial charge in [0.1, 0.15) is 11.5 Å². The van der Waals surface area contributed by atoms with E-state index in [1.54, 1.807) is 24.8 Å². The summed E-state index contributed by atoms with van der Waals surface area (Å²) in [7, 11) is 0. The number of hydrogen-bond donors (Lipinski definition) is 1. The van der Waals surface area contributed by atoms with Crippen LogP contribution in [0.25, 0.3) is 22.4 Å². The molecule has 1 aromatic carbocycles. The third kappa shape index (κ3) is 4.39. The monoisotopic (exact) mass is 446 g/mol. The van der Waals surface area contributed by atoms with Crippen LogP contribution in [0, 0.1) is 32.1 Å². The summed E-state index contributed by atoms with van der Waals surface area (Å²) in [6.45, 7) is 6.01. The van der Waals surface area contributed by atoms with Gasteiger partial charge in [-0.1, -0.05) is 23.4 Å². The number of benzene rings is 1. The second-order valence-electron chi connectivity index (χ2n) is 7.41. The number of nitrogens with zero attached hydrogens (tertiary/aromatic N) is 3. The molecule has 4 rings (SSSR count). The molecule has 0 spiro atoms. The maximum absolute atomic E-state index is 13.0. The molecular formula is C24H22N4O3S. The molecule has 0 aliphatic carbocycles. The fourth-order valence-corrected chi connectivity index (χ4v) is 4.43. The van der Waals surface area contributed by atoms with Gasteiger partial charge in [-0.3, -0.25) is 4.79 Å². The lowest BCUT2D eigenvalue weighted by molar-refractivity contribution is 0.0957. The number of rotatable bonds is 7. The molecule has 0 saturated carbocycles. The molecule has 0 saturated heterocycles. The normalized spacial score (nSPS) is 10.9. The van der Waals surface area contributed by atoms with E-state index in [1.807, 2.05) is 44.2 Å². The molecule has 4 aromatic rings. The molecule has 3 aromatic heterocycles. The number of nitrogens with one attached hydrogen (secondary N) is 1. The highest BCUT2D eigenvalue weighted by atomic mass is 32.2. The molecule has 0 radical (unpaired) electrons. The van der Waals surface area contributed by atoms with Gasteiger partial charge in [-0.2, -0.15) is 17.0 Å². The first-order chi connectivity index (χ1) is 15.5. The SMILES string of the molecule is Cc1cc(-c2cc(C(=O)NCCSCc3ccccc3C#N)c3c(C)noc3n2)c(C)o1. The van der Waals surface area contributed by atoms with Crippen molar-refractivity contribution < 1.29 is 13.7 Å². The number of amides is 1. The van der Waals surface area contributed by atoms with Gasteiger partial charge >= 0.3 is 0 Å². The molecule has 1 amide bonds. The lowest BCUT2D eigenvalue weighted by Crippen LogP contribution is -2.26. The molecular weight excluding hydrogens is 424 g/mol. The van der Waals surface area contributed by atoms with Crippen LogP contribution < -0.4 is 5.32 Å². The number of aromatic nitrogens is 2. The van der Waals surface area contributed by atoms with Gasteiger partial charge in [0.25, 0.3) is 11.6 Å². The van der Waals surface area contributed by atoms with E-state index in [9.17, 15) is 10.1 Å². The molecule has 1 N–H and O–H groups in total. The first kappa shape index (κ1) is 21.7. The van der Waals surface area contributed by atoms with Crippen LogP contribution in [0.4, 0.5) is 0 Å². The summed E-state index contributed by atoms with van der Waals surface area (Å²) in [5.41, 5.74) is 4.52. The Bertz CT molecular complexity index is 1330. The Hall–Kier alpha value is -3.57. The van der Waals surface area contributed by atoms with E-state index >= 15 is 0 Å². The standard InChI is InChI=1S/C24H22N4O3S/c1-14-10-19(16(3)30-14)21-11-20(22-15(2)28-31-24(22)27-21)23(29)26-8-9-32-13-18-7-5-4-6-17(18)12-25/h4-7,10-11H,8-9,13H2,1-3H3,(H,26,29). The van der Waals surface area contributed by atoms with Gasteiger partial charge in [-0.05, 0) is 44.5 Å². The molecule has 0 aliphatic rings. The molecule has 0 unspecified atom stereocenters. The fourth-order valence-electron chi connectivity index (χ4n) is 3.57. The van der Waals surface area contributed by atoms with Gasteiger partial charge in [0, 0.05) is 23.6 Å². The lowest BCUT2D eigenvalue weighted by Gasteiger charge is -2.08. The zero-order chi connectivity index (χ0) is 22.7. The number of pyridine rings is 1. The van der Waals surface area contributed by atoms with Crippen LogP contribution in [-0.4, -0.2) is 28.3 Å². The minimum absolute atomic E-state index is 0.208. The Morgan fingerprint density at radius 1 is 1.22 bits per heavy atom. The highest BCUT2D eigenvalue weighted by molar-refractivity contribution is 7.98. The molecule has 162 valence electrons. The minimum atomic E-state index is -0.208. The predicted octanol–water partition coefficient (Wildman–Crippen LogP) is 4.94. The van der Waals surface area contributed by atoms with Crippen LogP contribution in [0.15, 0.2) is 45.3 Å². The van der Waals surface area contributed by atoms with E-state index in [0.29, 0.717) is 45.9 Å². The first-order valence-corrected chi connectivity index (χ1v) is 11.3. The van der Waals surface area contributed by atoms with Crippen LogP contribution in [0.5, 0.6) is 0 Å². The Balaban J connectivity index is 1.47. The van der Waals surface area contributed by atoms with Crippen LogP contribution in [0.1, 0.15) is 38.7 Å². The lowest BCUT2D eigenvalue weighted by atomic mass is 10.1. The smallest absolute Gasteiger partial charge is 0.259 e. The maximum atomic E-state index is 13.0. The molecule has 0 fully saturated rings. The third-order valence-electron chi connectivity index (χ3n) is 5.11. The number of hydrogen-bond acceptors (Lipinski definition) is 7. The van der Waals surface area contributed by atoms with Crippen LogP contribution in [0.3, 0.4) is 0 Å². The van der Waals surface area contributed by atoms with Crippen molar-refractivity contribution in [3.63, 3.8) is 0 Å². The van der Waals surface area contributed by atoms with E-state index in [2.05, 4.69) is 21.5 Å². The van der Waals surface area contributed by atoms with Crippen molar-refractivity contribution in [1.29, 1.82) is 5.26 Å². The van der Waals surface area contributed by atoms with E-state index < -0.39 is 0 Å². The maximum Gasteiger partial charge on any atom is 0.259 e. The molecule has 32 heavy (non-hydrogen) atoms. The zero-order valence-electron chi connectivity index (χ0n) is 18.1. The van der Waals surface area contributed by atoms with E-state index in [-0.39, 0.29) is 5.91 Å². The minimum Gasteiger partial charge on any atom is -0.466 e. The number of carbonyl (C=O) groups excluding carboxylic acids is 1. The van der Waals surface area contributed by atoms with Gasteiger partial charge in [0.15, 0.2) is 0 Å². The van der Waals surface area contributed by atoms with Crippen LogP contribution in [-0.2, 0) is 5.75 Å². The second-order valence-corrected chi connectivity index (χ2v) is 8.51. The number of furan rings is 1. The Morgan fingerprint density at radius 2 is 2.03 bits per heavy atom. The second kappa shape index (κ2) is 9.28. The van der Waals surface area contributed by atoms with Crippen molar-refractivity contribution in [1.82, 2.24) is 15.5 Å². The summed E-state index contributed by atoms with van der Waals surface area (Å²) in [6, 6.07) is 13.4. The quantitative estimate of drug-likeness (QED) is 0.401. The number of thioether (sulfide) groups is 1. The summed E-state index contributed by atoms with van der Waals surface area (Å²) in [6.07, 6.45) is 0. The summed E-state index contributed by atoms with van der Waals surface area (Å²) in [5, 5.41) is 16.8. The molecule has 0 aliphatic heterocycles. The Kier molecular flexibility index (Phi) is 6.28. The van der Waals surface area contributed by atoms with Crippen molar-refractivity contribution in [3.05, 3.63) is 70.3 Å². The molecule has 8 heteroatoms. The van der Waals surface area contributed by atoms with Crippen molar-refractivity contribution in [2.75, 3.05) is 12.3 Å². The predicted molar refractivity (Wildman–Crippen MR) is 123 cm³/mol. The van der Waals surface area contributed by atoms with E-state index in [1.165, 1.54) is 0 Å². The topological polar surface area (TPSA) is 105 Å². The average Bonchev–Trinajstić information content (AvgIpc) is 3.34. The van der Waals surface area contributed by atoms with Crippen LogP contribution >= 0.6 is 11.8 Å². The summed E-state index contributed by atoms with van der Waals surface area (Å²) < 4.78 is 11.0. The number of fused-ring (bicyclic) bond motifs is 1. The Morgan fingerprint density at radius 3 is 2.78 bits per heavy atom. The number of nitriles is 1. The summed E-state index contributed by atoms with van der Waals surface area (Å²) in [5.74, 6) is 2.73. The highest BCUT2D eigenvalue weighted by Gasteiger charge is 2.20. The fraction of sp³-hybridized carbons (Fsp3) is 0.250. The first-order valence-electron chi connectivity index (χ1n) is 10.2. The van der Waals surface area contributed by atoms with Gasteiger partial charge in [-0.25, -0.2) is 4.98 Å². The van der Waals surface area contributed by atoms with E-state index in [0.717, 1.165) is 28.4 Å². The number of carbonyl (C=O) groups is 1. The van der Waals surface area contributed by atoms with Crippen LogP contribution in [0.2, 0.25) is 0 Å². The molecule has 0 atom stereocenters. The molecule has 3 heterocycles. The highest BCUT2D eigenvalue weighted by Crippen LogP contribution is 2.30. The zero-order valence-corrected chi connectivity index (χ0v) is 18.9. The average molecular weight is 447 g/mol. The third-order valence-corrected chi connectivity index (χ3v) is 6.11. The van der Waals surface area contributed by atoms with Gasteiger partial charge in [-0.15, -0.1) is 0 Å². The van der Waals surface area contributed by atoms with Crippen molar-refractivity contribution in [2.24, 2.45) is 0 Å². The van der Waals surface area contributed by atoms with Gasteiger partial charge in [0.05, 0.1) is 34.0 Å². The van der Waals surface area contributed by atoms with Crippen molar-refractivity contribution in [2.45, 2.75) is 26.5 Å². The van der Waals surface area contributed by atoms with Crippen molar-refractivity contribution in [3.8, 4) is 17.3 Å². The Labute approximate surface area is 189 Å². The van der Waals surface area contributed by atoms with E-state index in [4.69, 9.17) is 8.94 Å².